The number of carbonyl (C=O) groups excluding carboxylic acids is 1. The molecule has 0 radical (unpaired) electrons. The molecule has 0 aromatic heterocycles. The number of carbonyl (C=O) groups is 1. The normalized spacial score (nSPS) is 47.5. The van der Waals surface area contributed by atoms with Crippen LogP contribution in [0, 0.1) is 23.7 Å². The van der Waals surface area contributed by atoms with Crippen molar-refractivity contribution >= 4 is 5.97 Å². The quantitative estimate of drug-likeness (QED) is 0.589. The molecule has 4 nitrogen and oxygen atoms in total. The SMILES string of the molecule is CC1C[C@H](C)OCC1COC(=O)C1CC2O[C@@H]2CC1C. The molecule has 1 aliphatic carbocycles. The van der Waals surface area contributed by atoms with E-state index in [0.717, 1.165) is 19.3 Å². The Hall–Kier alpha value is -0.610. The maximum Gasteiger partial charge on any atom is 0.309 e. The summed E-state index contributed by atoms with van der Waals surface area (Å²) in [6.07, 6.45) is 3.98. The Morgan fingerprint density at radius 3 is 2.60 bits per heavy atom. The van der Waals surface area contributed by atoms with Crippen molar-refractivity contribution in [1.29, 1.82) is 0 Å². The van der Waals surface area contributed by atoms with Gasteiger partial charge in [-0.3, -0.25) is 4.79 Å². The van der Waals surface area contributed by atoms with E-state index in [0.29, 0.717) is 49.3 Å². The summed E-state index contributed by atoms with van der Waals surface area (Å²) < 4.78 is 16.8. The van der Waals surface area contributed by atoms with Gasteiger partial charge in [0.2, 0.25) is 0 Å². The summed E-state index contributed by atoms with van der Waals surface area (Å²) in [6, 6.07) is 0. The number of fused-ring (bicyclic) bond motifs is 1. The Morgan fingerprint density at radius 1 is 1.10 bits per heavy atom. The van der Waals surface area contributed by atoms with E-state index in [4.69, 9.17) is 14.2 Å². The molecule has 3 fully saturated rings. The number of epoxide rings is 1. The van der Waals surface area contributed by atoms with Crippen LogP contribution in [-0.2, 0) is 19.0 Å². The summed E-state index contributed by atoms with van der Waals surface area (Å²) in [4.78, 5) is 12.3. The molecule has 20 heavy (non-hydrogen) atoms. The van der Waals surface area contributed by atoms with Gasteiger partial charge in [0.15, 0.2) is 0 Å². The third kappa shape index (κ3) is 3.01. The van der Waals surface area contributed by atoms with Crippen LogP contribution >= 0.6 is 0 Å². The highest BCUT2D eigenvalue weighted by Gasteiger charge is 2.49. The van der Waals surface area contributed by atoms with E-state index in [1.807, 2.05) is 0 Å². The van der Waals surface area contributed by atoms with Crippen LogP contribution in [0.2, 0.25) is 0 Å². The average Bonchev–Trinajstić information content (AvgIpc) is 3.14. The van der Waals surface area contributed by atoms with E-state index in [9.17, 15) is 4.79 Å². The van der Waals surface area contributed by atoms with Crippen LogP contribution in [0.1, 0.15) is 40.0 Å². The lowest BCUT2D eigenvalue weighted by Crippen LogP contribution is -2.36. The lowest BCUT2D eigenvalue weighted by atomic mass is 9.80. The second kappa shape index (κ2) is 5.64. The number of ether oxygens (including phenoxy) is 3. The molecular weight excluding hydrogens is 256 g/mol. The standard InChI is InChI=1S/C16H26O4/c1-9-4-11(3)18-7-12(9)8-19-16(17)13-6-15-14(20-15)5-10(13)2/h9-15H,4-8H2,1-3H3/t9?,10?,11-,12?,13?,14+,15?/m0/s1. The zero-order chi connectivity index (χ0) is 14.3. The fourth-order valence-corrected chi connectivity index (χ4v) is 3.68. The van der Waals surface area contributed by atoms with E-state index in [1.54, 1.807) is 0 Å². The highest BCUT2D eigenvalue weighted by atomic mass is 16.6. The van der Waals surface area contributed by atoms with Crippen molar-refractivity contribution in [3.63, 3.8) is 0 Å². The highest BCUT2D eigenvalue weighted by molar-refractivity contribution is 5.73. The van der Waals surface area contributed by atoms with E-state index >= 15 is 0 Å². The van der Waals surface area contributed by atoms with E-state index in [2.05, 4.69) is 20.8 Å². The molecule has 7 atom stereocenters. The van der Waals surface area contributed by atoms with Crippen molar-refractivity contribution in [2.24, 2.45) is 23.7 Å². The minimum Gasteiger partial charge on any atom is -0.465 e. The van der Waals surface area contributed by atoms with Gasteiger partial charge in [-0.2, -0.15) is 0 Å². The molecule has 0 N–H and O–H groups in total. The fraction of sp³-hybridized carbons (Fsp3) is 0.938. The third-order valence-electron chi connectivity index (χ3n) is 5.31. The van der Waals surface area contributed by atoms with Crippen molar-refractivity contribution in [3.05, 3.63) is 0 Å². The predicted molar refractivity (Wildman–Crippen MR) is 74.2 cm³/mol. The van der Waals surface area contributed by atoms with Crippen molar-refractivity contribution < 1.29 is 19.0 Å². The second-order valence-corrected chi connectivity index (χ2v) is 7.02. The summed E-state index contributed by atoms with van der Waals surface area (Å²) in [5, 5.41) is 0. The summed E-state index contributed by atoms with van der Waals surface area (Å²) in [7, 11) is 0. The molecule has 0 bridgehead atoms. The minimum absolute atomic E-state index is 0.0255. The third-order valence-corrected chi connectivity index (χ3v) is 5.31. The van der Waals surface area contributed by atoms with Gasteiger partial charge >= 0.3 is 5.97 Å². The van der Waals surface area contributed by atoms with Crippen LogP contribution < -0.4 is 0 Å². The summed E-state index contributed by atoms with van der Waals surface area (Å²) in [6.45, 7) is 7.68. The molecule has 0 aromatic rings. The van der Waals surface area contributed by atoms with Gasteiger partial charge in [0.1, 0.15) is 0 Å². The first-order valence-corrected chi connectivity index (χ1v) is 7.98. The second-order valence-electron chi connectivity index (χ2n) is 7.02. The van der Waals surface area contributed by atoms with Crippen LogP contribution in [-0.4, -0.2) is 37.5 Å². The van der Waals surface area contributed by atoms with Crippen molar-refractivity contribution in [3.8, 4) is 0 Å². The molecule has 2 heterocycles. The summed E-state index contributed by atoms with van der Waals surface area (Å²) in [5.41, 5.74) is 0. The largest absolute Gasteiger partial charge is 0.465 e. The Bertz CT molecular complexity index is 369. The van der Waals surface area contributed by atoms with Gasteiger partial charge in [0, 0.05) is 5.92 Å². The van der Waals surface area contributed by atoms with Crippen LogP contribution in [0.5, 0.6) is 0 Å². The number of hydrogen-bond donors (Lipinski definition) is 0. The molecule has 0 spiro atoms. The van der Waals surface area contributed by atoms with Gasteiger partial charge in [0.05, 0.1) is 37.4 Å². The molecule has 114 valence electrons. The van der Waals surface area contributed by atoms with Gasteiger partial charge in [-0.05, 0) is 38.0 Å². The first kappa shape index (κ1) is 14.3. The molecule has 0 aromatic carbocycles. The number of rotatable bonds is 3. The van der Waals surface area contributed by atoms with Crippen LogP contribution in [0.25, 0.3) is 0 Å². The van der Waals surface area contributed by atoms with Gasteiger partial charge < -0.3 is 14.2 Å². The first-order chi connectivity index (χ1) is 9.54. The topological polar surface area (TPSA) is 48.1 Å². The maximum atomic E-state index is 12.3. The molecule has 3 rings (SSSR count). The molecule has 2 saturated heterocycles. The smallest absolute Gasteiger partial charge is 0.309 e. The molecule has 5 unspecified atom stereocenters. The number of esters is 1. The van der Waals surface area contributed by atoms with Crippen molar-refractivity contribution in [1.82, 2.24) is 0 Å². The monoisotopic (exact) mass is 282 g/mol. The van der Waals surface area contributed by atoms with Crippen LogP contribution in [0.15, 0.2) is 0 Å². The molecule has 0 amide bonds. The lowest BCUT2D eigenvalue weighted by Gasteiger charge is -2.33. The van der Waals surface area contributed by atoms with Crippen molar-refractivity contribution in [2.45, 2.75) is 58.3 Å². The predicted octanol–water partition coefficient (Wildman–Crippen LogP) is 2.40. The van der Waals surface area contributed by atoms with Gasteiger partial charge in [-0.1, -0.05) is 13.8 Å². The average molecular weight is 282 g/mol. The van der Waals surface area contributed by atoms with E-state index < -0.39 is 0 Å². The lowest BCUT2D eigenvalue weighted by molar-refractivity contribution is -0.155. The highest BCUT2D eigenvalue weighted by Crippen LogP contribution is 2.43. The zero-order valence-corrected chi connectivity index (χ0v) is 12.7. The molecule has 1 saturated carbocycles. The Kier molecular flexibility index (Phi) is 4.04. The van der Waals surface area contributed by atoms with Crippen molar-refractivity contribution in [2.75, 3.05) is 13.2 Å². The molecule has 4 heteroatoms. The zero-order valence-electron chi connectivity index (χ0n) is 12.7. The molecule has 2 aliphatic heterocycles. The van der Waals surface area contributed by atoms with Gasteiger partial charge in [-0.15, -0.1) is 0 Å². The van der Waals surface area contributed by atoms with E-state index in [-0.39, 0.29) is 11.9 Å². The Balaban J connectivity index is 1.46. The van der Waals surface area contributed by atoms with Crippen LogP contribution in [0.4, 0.5) is 0 Å². The van der Waals surface area contributed by atoms with Gasteiger partial charge in [-0.25, -0.2) is 0 Å². The van der Waals surface area contributed by atoms with Gasteiger partial charge in [0.25, 0.3) is 0 Å². The first-order valence-electron chi connectivity index (χ1n) is 7.98. The molecule has 3 aliphatic rings. The Labute approximate surface area is 121 Å². The number of hydrogen-bond acceptors (Lipinski definition) is 4. The minimum atomic E-state index is -0.0303. The van der Waals surface area contributed by atoms with E-state index in [1.165, 1.54) is 0 Å². The molecular formula is C16H26O4. The summed E-state index contributed by atoms with van der Waals surface area (Å²) >= 11 is 0. The fourth-order valence-electron chi connectivity index (χ4n) is 3.68. The Morgan fingerprint density at radius 2 is 1.85 bits per heavy atom. The van der Waals surface area contributed by atoms with Crippen LogP contribution in [0.3, 0.4) is 0 Å². The summed E-state index contributed by atoms with van der Waals surface area (Å²) in [5.74, 6) is 1.28. The maximum absolute atomic E-state index is 12.3.